The van der Waals surface area contributed by atoms with Gasteiger partial charge in [0.05, 0.1) is 6.10 Å². The first kappa shape index (κ1) is 12.9. The number of amides is 1. The van der Waals surface area contributed by atoms with E-state index in [1.165, 1.54) is 0 Å². The second-order valence-electron chi connectivity index (χ2n) is 5.16. The molecule has 1 aliphatic rings. The van der Waals surface area contributed by atoms with Gasteiger partial charge in [0.15, 0.2) is 0 Å². The third-order valence-corrected chi connectivity index (χ3v) is 3.48. The van der Waals surface area contributed by atoms with Crippen molar-refractivity contribution in [3.05, 3.63) is 29.8 Å². The van der Waals surface area contributed by atoms with Gasteiger partial charge in [-0.1, -0.05) is 19.1 Å². The molecule has 1 amide bonds. The molecule has 0 aliphatic heterocycles. The van der Waals surface area contributed by atoms with Gasteiger partial charge in [0, 0.05) is 18.2 Å². The summed E-state index contributed by atoms with van der Waals surface area (Å²) in [7, 11) is 0. The number of nitrogens with one attached hydrogen (secondary N) is 1. The Morgan fingerprint density at radius 3 is 2.61 bits per heavy atom. The van der Waals surface area contributed by atoms with E-state index in [0.29, 0.717) is 19.3 Å². The molecule has 1 aromatic carbocycles. The van der Waals surface area contributed by atoms with E-state index in [1.807, 2.05) is 31.2 Å². The van der Waals surface area contributed by atoms with Crippen LogP contribution in [0.2, 0.25) is 0 Å². The maximum absolute atomic E-state index is 11.8. The van der Waals surface area contributed by atoms with Gasteiger partial charge in [-0.25, -0.2) is 0 Å². The lowest BCUT2D eigenvalue weighted by molar-refractivity contribution is -0.123. The lowest BCUT2D eigenvalue weighted by Gasteiger charge is -2.32. The molecule has 0 radical (unpaired) electrons. The van der Waals surface area contributed by atoms with E-state index in [9.17, 15) is 4.79 Å². The minimum atomic E-state index is -0.232. The number of nitrogen functional groups attached to an aromatic ring is 1. The quantitative estimate of drug-likeness (QED) is 0.705. The van der Waals surface area contributed by atoms with Crippen molar-refractivity contribution in [2.75, 3.05) is 5.73 Å². The van der Waals surface area contributed by atoms with E-state index >= 15 is 0 Å². The zero-order chi connectivity index (χ0) is 13.1. The average molecular weight is 248 g/mol. The van der Waals surface area contributed by atoms with Crippen LogP contribution in [-0.2, 0) is 4.79 Å². The number of hydrogen-bond donors (Lipinski definition) is 3. The molecule has 4 heteroatoms. The number of aliphatic hydroxyl groups excluding tert-OH is 1. The van der Waals surface area contributed by atoms with Gasteiger partial charge in [-0.3, -0.25) is 4.79 Å². The minimum Gasteiger partial charge on any atom is -0.399 e. The molecule has 0 saturated heterocycles. The summed E-state index contributed by atoms with van der Waals surface area (Å²) in [6, 6.07) is 7.78. The molecule has 0 heterocycles. The number of nitrogens with two attached hydrogens (primary N) is 1. The van der Waals surface area contributed by atoms with Gasteiger partial charge < -0.3 is 16.2 Å². The molecule has 0 bridgehead atoms. The van der Waals surface area contributed by atoms with Crippen molar-refractivity contribution in [1.29, 1.82) is 0 Å². The van der Waals surface area contributed by atoms with Crippen LogP contribution < -0.4 is 11.1 Å². The number of carbonyl (C=O) groups is 1. The maximum Gasteiger partial charge on any atom is 0.220 e. The fourth-order valence-corrected chi connectivity index (χ4v) is 2.21. The summed E-state index contributed by atoms with van der Waals surface area (Å²) in [6.45, 7) is 2.03. The van der Waals surface area contributed by atoms with E-state index in [-0.39, 0.29) is 24.0 Å². The van der Waals surface area contributed by atoms with Crippen molar-refractivity contribution in [3.8, 4) is 0 Å². The highest BCUT2D eigenvalue weighted by atomic mass is 16.3. The van der Waals surface area contributed by atoms with Crippen LogP contribution in [0.25, 0.3) is 0 Å². The number of benzene rings is 1. The van der Waals surface area contributed by atoms with Crippen molar-refractivity contribution in [3.63, 3.8) is 0 Å². The summed E-state index contributed by atoms with van der Waals surface area (Å²) in [5.41, 5.74) is 7.48. The van der Waals surface area contributed by atoms with Gasteiger partial charge in [0.2, 0.25) is 5.91 Å². The van der Waals surface area contributed by atoms with Gasteiger partial charge in [0.25, 0.3) is 0 Å². The van der Waals surface area contributed by atoms with Crippen molar-refractivity contribution in [1.82, 2.24) is 5.32 Å². The van der Waals surface area contributed by atoms with Gasteiger partial charge >= 0.3 is 0 Å². The van der Waals surface area contributed by atoms with Crippen molar-refractivity contribution in [2.24, 2.45) is 0 Å². The first-order valence-electron chi connectivity index (χ1n) is 6.37. The molecule has 1 saturated carbocycles. The highest BCUT2D eigenvalue weighted by Crippen LogP contribution is 2.22. The lowest BCUT2D eigenvalue weighted by Crippen LogP contribution is -2.46. The van der Waals surface area contributed by atoms with Crippen LogP contribution in [0.5, 0.6) is 0 Å². The zero-order valence-electron chi connectivity index (χ0n) is 10.6. The number of anilines is 1. The fourth-order valence-electron chi connectivity index (χ4n) is 2.21. The Balaban J connectivity index is 1.81. The van der Waals surface area contributed by atoms with Crippen LogP contribution in [0, 0.1) is 0 Å². The molecular formula is C14H20N2O2. The molecule has 1 atom stereocenters. The van der Waals surface area contributed by atoms with Crippen LogP contribution in [0.3, 0.4) is 0 Å². The lowest BCUT2D eigenvalue weighted by atomic mass is 9.89. The molecule has 18 heavy (non-hydrogen) atoms. The van der Waals surface area contributed by atoms with Crippen LogP contribution in [-0.4, -0.2) is 23.2 Å². The van der Waals surface area contributed by atoms with E-state index in [4.69, 9.17) is 10.8 Å². The molecule has 4 N–H and O–H groups in total. The molecule has 1 aromatic rings. The summed E-state index contributed by atoms with van der Waals surface area (Å²) in [5.74, 6) is 0.229. The third-order valence-electron chi connectivity index (χ3n) is 3.48. The number of rotatable bonds is 4. The number of aliphatic hydroxyl groups is 1. The van der Waals surface area contributed by atoms with Crippen LogP contribution in [0.15, 0.2) is 24.3 Å². The molecule has 2 rings (SSSR count). The number of hydrogen-bond acceptors (Lipinski definition) is 3. The Bertz CT molecular complexity index is 410. The van der Waals surface area contributed by atoms with Crippen LogP contribution in [0.1, 0.15) is 37.7 Å². The summed E-state index contributed by atoms with van der Waals surface area (Å²) < 4.78 is 0. The predicted molar refractivity (Wildman–Crippen MR) is 71.1 cm³/mol. The van der Waals surface area contributed by atoms with Crippen LogP contribution in [0.4, 0.5) is 5.69 Å². The Morgan fingerprint density at radius 2 is 2.06 bits per heavy atom. The largest absolute Gasteiger partial charge is 0.399 e. The van der Waals surface area contributed by atoms with E-state index in [0.717, 1.165) is 11.3 Å². The molecule has 1 fully saturated rings. The van der Waals surface area contributed by atoms with Gasteiger partial charge in [-0.15, -0.1) is 0 Å². The van der Waals surface area contributed by atoms with Gasteiger partial charge in [-0.05, 0) is 36.5 Å². The van der Waals surface area contributed by atoms with Crippen molar-refractivity contribution < 1.29 is 9.90 Å². The Kier molecular flexibility index (Phi) is 3.87. The normalized spacial score (nSPS) is 24.1. The van der Waals surface area contributed by atoms with E-state index < -0.39 is 0 Å². The molecule has 0 aromatic heterocycles. The third kappa shape index (κ3) is 3.23. The van der Waals surface area contributed by atoms with Crippen molar-refractivity contribution in [2.45, 2.75) is 44.2 Å². The standard InChI is InChI=1S/C14H20N2O2/c1-9(10-2-4-11(15)5-3-10)6-14(18)16-12-7-13(17)8-12/h2-5,9,12-13,17H,6-8,15H2,1H3,(H,16,18). The second kappa shape index (κ2) is 5.40. The second-order valence-corrected chi connectivity index (χ2v) is 5.16. The molecule has 0 spiro atoms. The van der Waals surface area contributed by atoms with E-state index in [2.05, 4.69) is 5.32 Å². The summed E-state index contributed by atoms with van der Waals surface area (Å²) in [4.78, 5) is 11.8. The number of carbonyl (C=O) groups excluding carboxylic acids is 1. The highest BCUT2D eigenvalue weighted by Gasteiger charge is 2.28. The van der Waals surface area contributed by atoms with Gasteiger partial charge in [-0.2, -0.15) is 0 Å². The summed E-state index contributed by atoms with van der Waals surface area (Å²) in [6.07, 6.45) is 1.60. The Labute approximate surface area is 107 Å². The first-order chi connectivity index (χ1) is 8.54. The monoisotopic (exact) mass is 248 g/mol. The van der Waals surface area contributed by atoms with Crippen LogP contribution >= 0.6 is 0 Å². The molecule has 98 valence electrons. The molecule has 1 unspecified atom stereocenters. The predicted octanol–water partition coefficient (Wildman–Crippen LogP) is 1.40. The summed E-state index contributed by atoms with van der Waals surface area (Å²) >= 11 is 0. The summed E-state index contributed by atoms with van der Waals surface area (Å²) in [5, 5.41) is 12.1. The molecule has 4 nitrogen and oxygen atoms in total. The highest BCUT2D eigenvalue weighted by molar-refractivity contribution is 5.77. The maximum atomic E-state index is 11.8. The topological polar surface area (TPSA) is 75.3 Å². The fraction of sp³-hybridized carbons (Fsp3) is 0.500. The smallest absolute Gasteiger partial charge is 0.220 e. The minimum absolute atomic E-state index is 0.0521. The molecular weight excluding hydrogens is 228 g/mol. The Hall–Kier alpha value is -1.55. The first-order valence-corrected chi connectivity index (χ1v) is 6.37. The average Bonchev–Trinajstić information content (AvgIpc) is 2.27. The zero-order valence-corrected chi connectivity index (χ0v) is 10.6. The molecule has 1 aliphatic carbocycles. The van der Waals surface area contributed by atoms with Gasteiger partial charge in [0.1, 0.15) is 0 Å². The SMILES string of the molecule is CC(CC(=O)NC1CC(O)C1)c1ccc(N)cc1. The van der Waals surface area contributed by atoms with E-state index in [1.54, 1.807) is 0 Å². The van der Waals surface area contributed by atoms with Crippen molar-refractivity contribution >= 4 is 11.6 Å². The Morgan fingerprint density at radius 1 is 1.44 bits per heavy atom.